The second-order valence-electron chi connectivity index (χ2n) is 3.45. The summed E-state index contributed by atoms with van der Waals surface area (Å²) in [7, 11) is 0. The Balaban J connectivity index is 0.00000200. The third-order valence-corrected chi connectivity index (χ3v) is 6.15. The average molecular weight is 427 g/mol. The van der Waals surface area contributed by atoms with Crippen molar-refractivity contribution in [2.45, 2.75) is 9.79 Å². The number of hydrogen-bond donors (Lipinski definition) is 0. The topological polar surface area (TPSA) is 0 Å². The van der Waals surface area contributed by atoms with E-state index in [1.165, 1.54) is 11.8 Å². The number of rotatable bonds is 2. The molecule has 0 saturated heterocycles. The van der Waals surface area contributed by atoms with Gasteiger partial charge >= 0.3 is 0 Å². The van der Waals surface area contributed by atoms with Gasteiger partial charge in [-0.25, -0.2) is 0 Å². The summed E-state index contributed by atoms with van der Waals surface area (Å²) in [6.45, 7) is 0. The second-order valence-corrected chi connectivity index (χ2v) is 6.86. The average Bonchev–Trinajstić information content (AvgIpc) is 2.39. The molecule has 8 heteroatoms. The highest BCUT2D eigenvalue weighted by Crippen LogP contribution is 2.44. The van der Waals surface area contributed by atoms with Crippen molar-refractivity contribution < 1.29 is 0 Å². The Morgan fingerprint density at radius 2 is 0.900 bits per heavy atom. The molecule has 0 aromatic heterocycles. The second kappa shape index (κ2) is 7.99. The molecule has 0 aliphatic carbocycles. The van der Waals surface area contributed by atoms with E-state index < -0.39 is 0 Å². The van der Waals surface area contributed by atoms with Crippen molar-refractivity contribution in [3.05, 3.63) is 54.4 Å². The van der Waals surface area contributed by atoms with Crippen LogP contribution in [0.1, 0.15) is 0 Å². The molecule has 0 aliphatic heterocycles. The summed E-state index contributed by atoms with van der Waals surface area (Å²) in [5, 5.41) is 2.17. The van der Waals surface area contributed by atoms with Gasteiger partial charge in [-0.1, -0.05) is 81.4 Å². The molecule has 108 valence electrons. The highest BCUT2D eigenvalue weighted by atomic mass is 35.5. The maximum Gasteiger partial charge on any atom is 0.0790 e. The first kappa shape index (κ1) is 19.0. The fourth-order valence-corrected chi connectivity index (χ4v) is 3.60. The lowest BCUT2D eigenvalue weighted by molar-refractivity contribution is 1.40. The van der Waals surface area contributed by atoms with Crippen LogP contribution in [0.5, 0.6) is 0 Å². The van der Waals surface area contributed by atoms with E-state index in [-0.39, 0.29) is 9.90 Å². The van der Waals surface area contributed by atoms with Gasteiger partial charge in [0.15, 0.2) is 0 Å². The van der Waals surface area contributed by atoms with E-state index in [4.69, 9.17) is 69.6 Å². The minimum absolute atomic E-state index is 0. The lowest BCUT2D eigenvalue weighted by Gasteiger charge is -2.09. The van der Waals surface area contributed by atoms with Crippen LogP contribution < -0.4 is 0 Å². The van der Waals surface area contributed by atoms with Gasteiger partial charge in [-0.3, -0.25) is 0 Å². The first-order valence-corrected chi connectivity index (χ1v) is 7.95. The Hall–Kier alpha value is 0.960. The fraction of sp³-hybridized carbons (Fsp3) is 0. The van der Waals surface area contributed by atoms with Gasteiger partial charge < -0.3 is 0 Å². The van der Waals surface area contributed by atoms with E-state index in [0.717, 1.165) is 9.79 Å². The van der Waals surface area contributed by atoms with Gasteiger partial charge in [-0.05, 0) is 24.3 Å². The SMILES string of the molecule is Clc1ccc(Sc2ccc(Cl)c(Cl)c2Cl)c(Cl)c1Cl.P. The first-order valence-electron chi connectivity index (χ1n) is 4.86. The smallest absolute Gasteiger partial charge is 0.0790 e. The van der Waals surface area contributed by atoms with Crippen LogP contribution in [0.3, 0.4) is 0 Å². The molecule has 20 heavy (non-hydrogen) atoms. The molecule has 0 nitrogen and oxygen atoms in total. The van der Waals surface area contributed by atoms with Gasteiger partial charge in [0, 0.05) is 9.79 Å². The zero-order valence-corrected chi connectivity index (χ0v) is 16.5. The summed E-state index contributed by atoms with van der Waals surface area (Å²) in [5.74, 6) is 0. The van der Waals surface area contributed by atoms with Crippen molar-refractivity contribution >= 4 is 91.3 Å². The lowest BCUT2D eigenvalue weighted by Crippen LogP contribution is -1.81. The molecule has 2 rings (SSSR count). The van der Waals surface area contributed by atoms with Crippen LogP contribution in [0.15, 0.2) is 34.1 Å². The Kier molecular flexibility index (Phi) is 7.60. The summed E-state index contributed by atoms with van der Waals surface area (Å²) in [4.78, 5) is 1.47. The Morgan fingerprint density at radius 3 is 1.25 bits per heavy atom. The van der Waals surface area contributed by atoms with E-state index in [1.807, 2.05) is 0 Å². The van der Waals surface area contributed by atoms with Gasteiger partial charge in [0.2, 0.25) is 0 Å². The molecular weight excluding hydrogens is 420 g/mol. The monoisotopic (exact) mass is 424 g/mol. The van der Waals surface area contributed by atoms with Crippen LogP contribution in [-0.4, -0.2) is 0 Å². The fourth-order valence-electron chi connectivity index (χ4n) is 1.29. The number of benzene rings is 2. The van der Waals surface area contributed by atoms with Crippen molar-refractivity contribution in [3.63, 3.8) is 0 Å². The van der Waals surface area contributed by atoms with Crippen molar-refractivity contribution in [2.24, 2.45) is 0 Å². The Morgan fingerprint density at radius 1 is 0.550 bits per heavy atom. The van der Waals surface area contributed by atoms with Gasteiger partial charge in [0.1, 0.15) is 0 Å². The van der Waals surface area contributed by atoms with E-state index >= 15 is 0 Å². The van der Waals surface area contributed by atoms with Crippen molar-refractivity contribution in [2.75, 3.05) is 0 Å². The highest BCUT2D eigenvalue weighted by Gasteiger charge is 2.14. The minimum atomic E-state index is 0. The summed E-state index contributed by atoms with van der Waals surface area (Å²) in [6.07, 6.45) is 0. The van der Waals surface area contributed by atoms with Crippen LogP contribution in [-0.2, 0) is 0 Å². The van der Waals surface area contributed by atoms with Crippen LogP contribution in [0.4, 0.5) is 0 Å². The standard InChI is InChI=1S/C12H4Cl6S.H3P/c13-5-1-3-7(11(17)9(5)15)19-8-4-2-6(14)10(16)12(8)18;/h1-4H;1H3. The van der Waals surface area contributed by atoms with Crippen molar-refractivity contribution in [3.8, 4) is 0 Å². The third-order valence-electron chi connectivity index (χ3n) is 2.22. The van der Waals surface area contributed by atoms with Gasteiger partial charge in [0.05, 0.1) is 30.1 Å². The van der Waals surface area contributed by atoms with E-state index in [2.05, 4.69) is 0 Å². The van der Waals surface area contributed by atoms with Crippen molar-refractivity contribution in [1.82, 2.24) is 0 Å². The predicted molar refractivity (Wildman–Crippen MR) is 98.2 cm³/mol. The molecule has 0 bridgehead atoms. The summed E-state index contributed by atoms with van der Waals surface area (Å²) in [5.41, 5.74) is 0. The summed E-state index contributed by atoms with van der Waals surface area (Å²) < 4.78 is 0. The summed E-state index contributed by atoms with van der Waals surface area (Å²) in [6, 6.07) is 6.87. The van der Waals surface area contributed by atoms with E-state index in [1.54, 1.807) is 24.3 Å². The maximum atomic E-state index is 6.13. The lowest BCUT2D eigenvalue weighted by atomic mass is 10.3. The third kappa shape index (κ3) is 4.03. The largest absolute Gasteiger partial charge is 0.153 e. The Labute approximate surface area is 154 Å². The van der Waals surface area contributed by atoms with E-state index in [0.29, 0.717) is 30.1 Å². The van der Waals surface area contributed by atoms with Crippen LogP contribution in [0.25, 0.3) is 0 Å². The molecule has 2 aromatic carbocycles. The normalized spacial score (nSPS) is 10.3. The molecule has 0 spiro atoms. The van der Waals surface area contributed by atoms with Crippen LogP contribution >= 0.6 is 91.3 Å². The van der Waals surface area contributed by atoms with Gasteiger partial charge in [-0.2, -0.15) is 9.90 Å². The van der Waals surface area contributed by atoms with Gasteiger partial charge in [-0.15, -0.1) is 0 Å². The molecular formula is C12H7Cl6PS. The zero-order valence-electron chi connectivity index (χ0n) is 9.69. The Bertz CT molecular complexity index is 591. The molecule has 0 saturated carbocycles. The molecule has 0 amide bonds. The molecule has 0 radical (unpaired) electrons. The molecule has 1 unspecified atom stereocenters. The predicted octanol–water partition coefficient (Wildman–Crippen LogP) is 7.82. The number of halogens is 6. The molecule has 1 atom stereocenters. The molecule has 2 aromatic rings. The first-order chi connectivity index (χ1) is 8.91. The molecule has 0 N–H and O–H groups in total. The molecule has 0 heterocycles. The van der Waals surface area contributed by atoms with Crippen LogP contribution in [0, 0.1) is 0 Å². The minimum Gasteiger partial charge on any atom is -0.153 e. The highest BCUT2D eigenvalue weighted by molar-refractivity contribution is 7.99. The molecule has 0 aliphatic rings. The number of hydrogen-bond acceptors (Lipinski definition) is 1. The van der Waals surface area contributed by atoms with Gasteiger partial charge in [0.25, 0.3) is 0 Å². The van der Waals surface area contributed by atoms with Crippen molar-refractivity contribution in [1.29, 1.82) is 0 Å². The summed E-state index contributed by atoms with van der Waals surface area (Å²) >= 11 is 37.3. The van der Waals surface area contributed by atoms with E-state index in [9.17, 15) is 0 Å². The maximum absolute atomic E-state index is 6.13. The quantitative estimate of drug-likeness (QED) is 0.348. The molecule has 0 fully saturated rings. The zero-order chi connectivity index (χ0) is 14.2. The van der Waals surface area contributed by atoms with Crippen LogP contribution in [0.2, 0.25) is 30.1 Å².